The Morgan fingerprint density at radius 2 is 1.05 bits per heavy atom. The van der Waals surface area contributed by atoms with Crippen LogP contribution in [0, 0.1) is 5.92 Å². The van der Waals surface area contributed by atoms with Crippen molar-refractivity contribution in [3.63, 3.8) is 0 Å². The number of carbonyl (C=O) groups is 2. The van der Waals surface area contributed by atoms with Gasteiger partial charge in [0.15, 0.2) is 5.60 Å². The van der Waals surface area contributed by atoms with E-state index in [1.54, 1.807) is 0 Å². The monoisotopic (exact) mass is 581 g/mol. The maximum absolute atomic E-state index is 14.2. The Hall–Kier alpha value is -5.16. The fourth-order valence-corrected chi connectivity index (χ4v) is 6.17. The normalized spacial score (nSPS) is 13.1. The number of rotatable bonds is 9. The molecule has 0 aromatic heterocycles. The molecule has 0 saturated heterocycles. The number of amides is 1. The number of hydrogen-bond acceptors (Lipinski definition) is 4. The first kappa shape index (κ1) is 28.9. The van der Waals surface area contributed by atoms with Gasteiger partial charge in [-0.15, -0.1) is 0 Å². The van der Waals surface area contributed by atoms with E-state index in [9.17, 15) is 9.59 Å². The summed E-state index contributed by atoms with van der Waals surface area (Å²) in [5.74, 6) is -0.896. The number of ether oxygens (including phenoxy) is 2. The van der Waals surface area contributed by atoms with Crippen LogP contribution in [0.25, 0.3) is 11.1 Å². The van der Waals surface area contributed by atoms with Crippen LogP contribution in [0.1, 0.15) is 47.6 Å². The first-order chi connectivity index (χ1) is 21.5. The molecule has 6 rings (SSSR count). The van der Waals surface area contributed by atoms with E-state index in [0.717, 1.165) is 38.9 Å². The highest BCUT2D eigenvalue weighted by molar-refractivity contribution is 5.83. The first-order valence-electron chi connectivity index (χ1n) is 15.0. The highest BCUT2D eigenvalue weighted by Crippen LogP contribution is 2.45. The van der Waals surface area contributed by atoms with E-state index < -0.39 is 23.7 Å². The summed E-state index contributed by atoms with van der Waals surface area (Å²) < 4.78 is 12.4. The molecule has 5 aromatic rings. The van der Waals surface area contributed by atoms with Gasteiger partial charge in [-0.25, -0.2) is 9.59 Å². The SMILES string of the molecule is CC(C)[C@@H](NC(=O)OCC1c2ccccc2-c2ccccc21)C(=O)OC(c1ccccc1)(c1ccccc1)c1ccccc1. The standard InChI is InChI=1S/C39H35NO4/c1-27(2)36(40-38(42)43-26-35-33-24-14-12-22-31(33)32-23-13-15-25-34(32)35)37(41)44-39(28-16-6-3-7-17-28,29-18-8-4-9-19-29)30-20-10-5-11-21-30/h3-25,27,35-36H,26H2,1-2H3,(H,40,42)/t36-/m1/s1. The van der Waals surface area contributed by atoms with Gasteiger partial charge in [-0.1, -0.05) is 153 Å². The molecule has 44 heavy (non-hydrogen) atoms. The van der Waals surface area contributed by atoms with Crippen molar-refractivity contribution in [1.82, 2.24) is 5.32 Å². The van der Waals surface area contributed by atoms with Gasteiger partial charge in [0.05, 0.1) is 0 Å². The average Bonchev–Trinajstić information content (AvgIpc) is 3.39. The predicted octanol–water partition coefficient (Wildman–Crippen LogP) is 8.09. The molecule has 0 radical (unpaired) electrons. The van der Waals surface area contributed by atoms with Crippen molar-refractivity contribution < 1.29 is 19.1 Å². The van der Waals surface area contributed by atoms with Crippen molar-refractivity contribution in [3.05, 3.63) is 167 Å². The Morgan fingerprint density at radius 3 is 1.48 bits per heavy atom. The number of nitrogens with one attached hydrogen (secondary N) is 1. The summed E-state index contributed by atoms with van der Waals surface area (Å²) in [5.41, 5.74) is 5.72. The molecule has 1 atom stereocenters. The number of esters is 1. The number of carbonyl (C=O) groups excluding carboxylic acids is 2. The molecule has 0 fully saturated rings. The highest BCUT2D eigenvalue weighted by atomic mass is 16.6. The maximum Gasteiger partial charge on any atom is 0.407 e. The second-order valence-electron chi connectivity index (χ2n) is 11.4. The molecule has 5 heteroatoms. The van der Waals surface area contributed by atoms with E-state index in [4.69, 9.17) is 9.47 Å². The van der Waals surface area contributed by atoms with Gasteiger partial charge in [0.2, 0.25) is 0 Å². The smallest absolute Gasteiger partial charge is 0.407 e. The molecule has 0 aliphatic heterocycles. The van der Waals surface area contributed by atoms with E-state index in [0.29, 0.717) is 0 Å². The van der Waals surface area contributed by atoms with Crippen molar-refractivity contribution in [2.45, 2.75) is 31.4 Å². The molecule has 1 N–H and O–H groups in total. The molecule has 0 saturated carbocycles. The zero-order chi connectivity index (χ0) is 30.5. The molecular weight excluding hydrogens is 546 g/mol. The van der Waals surface area contributed by atoms with Crippen LogP contribution < -0.4 is 5.32 Å². The second-order valence-corrected chi connectivity index (χ2v) is 11.4. The lowest BCUT2D eigenvalue weighted by Crippen LogP contribution is -2.49. The van der Waals surface area contributed by atoms with Gasteiger partial charge < -0.3 is 14.8 Å². The van der Waals surface area contributed by atoms with Gasteiger partial charge >= 0.3 is 12.1 Å². The number of alkyl carbamates (subject to hydrolysis) is 1. The zero-order valence-corrected chi connectivity index (χ0v) is 24.9. The third-order valence-electron chi connectivity index (χ3n) is 8.33. The van der Waals surface area contributed by atoms with Gasteiger partial charge in [0.1, 0.15) is 12.6 Å². The fraction of sp³-hybridized carbons (Fsp3) is 0.179. The quantitative estimate of drug-likeness (QED) is 0.141. The van der Waals surface area contributed by atoms with E-state index >= 15 is 0 Å². The van der Waals surface area contributed by atoms with Gasteiger partial charge in [-0.3, -0.25) is 0 Å². The molecular formula is C39H35NO4. The molecule has 1 aliphatic carbocycles. The van der Waals surface area contributed by atoms with E-state index in [1.165, 1.54) is 0 Å². The summed E-state index contributed by atoms with van der Waals surface area (Å²) in [6.45, 7) is 3.91. The lowest BCUT2D eigenvalue weighted by Gasteiger charge is -2.37. The first-order valence-corrected chi connectivity index (χ1v) is 15.0. The molecule has 5 nitrogen and oxygen atoms in total. The average molecular weight is 582 g/mol. The summed E-state index contributed by atoms with van der Waals surface area (Å²) >= 11 is 0. The summed E-state index contributed by atoms with van der Waals surface area (Å²) in [6.07, 6.45) is -0.660. The topological polar surface area (TPSA) is 64.6 Å². The van der Waals surface area contributed by atoms with E-state index in [1.807, 2.05) is 129 Å². The summed E-state index contributed by atoms with van der Waals surface area (Å²) in [6, 6.07) is 44.5. The van der Waals surface area contributed by atoms with Crippen LogP contribution >= 0.6 is 0 Å². The molecule has 0 spiro atoms. The Balaban J connectivity index is 1.26. The number of hydrogen-bond donors (Lipinski definition) is 1. The van der Waals surface area contributed by atoms with Crippen molar-refractivity contribution in [3.8, 4) is 11.1 Å². The minimum absolute atomic E-state index is 0.0838. The Morgan fingerprint density at radius 1 is 0.636 bits per heavy atom. The largest absolute Gasteiger partial charge is 0.449 e. The van der Waals surface area contributed by atoms with E-state index in [-0.39, 0.29) is 18.4 Å². The maximum atomic E-state index is 14.2. The lowest BCUT2D eigenvalue weighted by atomic mass is 9.80. The molecule has 220 valence electrons. The van der Waals surface area contributed by atoms with Gasteiger partial charge in [0, 0.05) is 22.6 Å². The molecule has 5 aromatic carbocycles. The Labute approximate surface area is 258 Å². The zero-order valence-electron chi connectivity index (χ0n) is 24.9. The molecule has 0 bridgehead atoms. The summed E-state index contributed by atoms with van der Waals surface area (Å²) in [7, 11) is 0. The van der Waals surface area contributed by atoms with Gasteiger partial charge in [0.25, 0.3) is 0 Å². The molecule has 0 unspecified atom stereocenters. The van der Waals surface area contributed by atoms with Crippen molar-refractivity contribution in [1.29, 1.82) is 0 Å². The summed E-state index contributed by atoms with van der Waals surface area (Å²) in [4.78, 5) is 27.4. The molecule has 1 amide bonds. The van der Waals surface area contributed by atoms with Crippen LogP contribution in [0.4, 0.5) is 4.79 Å². The molecule has 1 aliphatic rings. The van der Waals surface area contributed by atoms with Crippen LogP contribution in [0.3, 0.4) is 0 Å². The Kier molecular flexibility index (Phi) is 8.29. The second kappa shape index (κ2) is 12.6. The van der Waals surface area contributed by atoms with Gasteiger partial charge in [-0.2, -0.15) is 0 Å². The van der Waals surface area contributed by atoms with Crippen molar-refractivity contribution in [2.75, 3.05) is 6.61 Å². The third kappa shape index (κ3) is 5.49. The van der Waals surface area contributed by atoms with Crippen LogP contribution in [0.5, 0.6) is 0 Å². The van der Waals surface area contributed by atoms with Gasteiger partial charge in [-0.05, 0) is 28.2 Å². The van der Waals surface area contributed by atoms with Crippen LogP contribution in [-0.2, 0) is 19.9 Å². The fourth-order valence-electron chi connectivity index (χ4n) is 6.17. The van der Waals surface area contributed by atoms with E-state index in [2.05, 4.69) is 29.6 Å². The highest BCUT2D eigenvalue weighted by Gasteiger charge is 2.43. The Bertz CT molecular complexity index is 1590. The van der Waals surface area contributed by atoms with Crippen LogP contribution in [0.2, 0.25) is 0 Å². The van der Waals surface area contributed by atoms with Crippen LogP contribution in [-0.4, -0.2) is 24.7 Å². The predicted molar refractivity (Wildman–Crippen MR) is 172 cm³/mol. The summed E-state index contributed by atoms with van der Waals surface area (Å²) in [5, 5.41) is 2.83. The van der Waals surface area contributed by atoms with Crippen molar-refractivity contribution >= 4 is 12.1 Å². The minimum atomic E-state index is -1.24. The number of fused-ring (bicyclic) bond motifs is 3. The van der Waals surface area contributed by atoms with Crippen LogP contribution in [0.15, 0.2) is 140 Å². The minimum Gasteiger partial charge on any atom is -0.449 e. The lowest BCUT2D eigenvalue weighted by molar-refractivity contribution is -0.157. The number of benzene rings is 5. The van der Waals surface area contributed by atoms with Crippen molar-refractivity contribution in [2.24, 2.45) is 5.92 Å². The molecule has 0 heterocycles. The third-order valence-corrected chi connectivity index (χ3v) is 8.33.